The second-order valence-electron chi connectivity index (χ2n) is 9.44. The summed E-state index contributed by atoms with van der Waals surface area (Å²) in [5.74, 6) is -0.612. The summed E-state index contributed by atoms with van der Waals surface area (Å²) < 4.78 is 3.06. The first-order valence-corrected chi connectivity index (χ1v) is 12.9. The SMILES string of the molecule is CNC(=O)c1c(NC(=O)c2cc3c(=O)n4ccccc4nc3n(CC(C)C)c2=N)sc2c1CCCC2. The molecule has 0 aromatic carbocycles. The summed E-state index contributed by atoms with van der Waals surface area (Å²) >= 11 is 1.42. The third kappa shape index (κ3) is 4.01. The largest absolute Gasteiger partial charge is 0.355 e. The van der Waals surface area contributed by atoms with E-state index in [4.69, 9.17) is 5.41 Å². The van der Waals surface area contributed by atoms with Crippen molar-refractivity contribution in [2.75, 3.05) is 12.4 Å². The van der Waals surface area contributed by atoms with Crippen LogP contribution in [0.5, 0.6) is 0 Å². The van der Waals surface area contributed by atoms with Crippen LogP contribution in [0.1, 0.15) is 57.8 Å². The summed E-state index contributed by atoms with van der Waals surface area (Å²) in [5, 5.41) is 15.2. The highest BCUT2D eigenvalue weighted by Crippen LogP contribution is 2.38. The Kier molecular flexibility index (Phi) is 6.21. The van der Waals surface area contributed by atoms with Crippen molar-refractivity contribution in [1.82, 2.24) is 19.3 Å². The molecule has 2 amide bonds. The fourth-order valence-corrected chi connectivity index (χ4v) is 6.07. The lowest BCUT2D eigenvalue weighted by Gasteiger charge is -2.16. The summed E-state index contributed by atoms with van der Waals surface area (Å²) in [6.45, 7) is 4.43. The molecule has 0 bridgehead atoms. The van der Waals surface area contributed by atoms with Gasteiger partial charge in [-0.05, 0) is 55.4 Å². The Morgan fingerprint density at radius 3 is 2.72 bits per heavy atom. The molecule has 0 radical (unpaired) electrons. The Bertz CT molecular complexity index is 1650. The zero-order chi connectivity index (χ0) is 25.6. The number of pyridine rings is 2. The molecule has 186 valence electrons. The molecule has 0 fully saturated rings. The van der Waals surface area contributed by atoms with E-state index in [1.54, 1.807) is 36.0 Å². The van der Waals surface area contributed by atoms with Crippen molar-refractivity contribution in [2.45, 2.75) is 46.1 Å². The molecule has 3 N–H and O–H groups in total. The average Bonchev–Trinajstić information content (AvgIpc) is 3.23. The number of fused-ring (bicyclic) bond motifs is 3. The topological polar surface area (TPSA) is 121 Å². The molecule has 0 spiro atoms. The Morgan fingerprint density at radius 1 is 1.19 bits per heavy atom. The van der Waals surface area contributed by atoms with E-state index in [1.807, 2.05) is 13.8 Å². The average molecular weight is 505 g/mol. The van der Waals surface area contributed by atoms with Gasteiger partial charge in [-0.1, -0.05) is 19.9 Å². The Hall–Kier alpha value is -3.79. The monoisotopic (exact) mass is 504 g/mol. The molecule has 0 atom stereocenters. The molecule has 4 aromatic heterocycles. The molecule has 0 saturated carbocycles. The van der Waals surface area contributed by atoms with Gasteiger partial charge in [0.25, 0.3) is 17.4 Å². The van der Waals surface area contributed by atoms with E-state index in [-0.39, 0.29) is 33.8 Å². The Morgan fingerprint density at radius 2 is 1.97 bits per heavy atom. The van der Waals surface area contributed by atoms with E-state index in [0.29, 0.717) is 28.4 Å². The Labute approximate surface area is 211 Å². The lowest BCUT2D eigenvalue weighted by Crippen LogP contribution is -2.33. The number of aryl methyl sites for hydroxylation is 1. The maximum absolute atomic E-state index is 13.6. The number of amides is 2. The number of nitrogens with one attached hydrogen (secondary N) is 3. The molecule has 5 rings (SSSR count). The second-order valence-corrected chi connectivity index (χ2v) is 10.5. The molecular weight excluding hydrogens is 476 g/mol. The number of aromatic nitrogens is 3. The fourth-order valence-electron chi connectivity index (χ4n) is 4.79. The normalized spacial score (nSPS) is 13.2. The zero-order valence-corrected chi connectivity index (χ0v) is 21.3. The van der Waals surface area contributed by atoms with Crippen LogP contribution in [0.3, 0.4) is 0 Å². The molecule has 1 aliphatic carbocycles. The molecule has 0 unspecified atom stereocenters. The van der Waals surface area contributed by atoms with Gasteiger partial charge in [-0.15, -0.1) is 11.3 Å². The van der Waals surface area contributed by atoms with Crippen LogP contribution >= 0.6 is 11.3 Å². The van der Waals surface area contributed by atoms with Gasteiger partial charge < -0.3 is 15.2 Å². The third-order valence-corrected chi connectivity index (χ3v) is 7.67. The van der Waals surface area contributed by atoms with Crippen LogP contribution in [0, 0.1) is 11.3 Å². The minimum absolute atomic E-state index is 0.0244. The highest BCUT2D eigenvalue weighted by Gasteiger charge is 2.27. The van der Waals surface area contributed by atoms with Crippen molar-refractivity contribution in [2.24, 2.45) is 5.92 Å². The molecular formula is C26H28N6O3S. The van der Waals surface area contributed by atoms with Gasteiger partial charge in [-0.2, -0.15) is 0 Å². The first kappa shape index (κ1) is 23.9. The van der Waals surface area contributed by atoms with Gasteiger partial charge in [0, 0.05) is 24.7 Å². The van der Waals surface area contributed by atoms with Crippen LogP contribution in [0.15, 0.2) is 35.3 Å². The molecule has 4 heterocycles. The van der Waals surface area contributed by atoms with Crippen molar-refractivity contribution < 1.29 is 9.59 Å². The predicted molar refractivity (Wildman–Crippen MR) is 140 cm³/mol. The Balaban J connectivity index is 1.67. The lowest BCUT2D eigenvalue weighted by molar-refractivity contribution is 0.0963. The second kappa shape index (κ2) is 9.34. The molecule has 9 nitrogen and oxygen atoms in total. The van der Waals surface area contributed by atoms with E-state index in [9.17, 15) is 14.4 Å². The lowest BCUT2D eigenvalue weighted by atomic mass is 9.95. The maximum Gasteiger partial charge on any atom is 0.267 e. The van der Waals surface area contributed by atoms with Gasteiger partial charge in [0.1, 0.15) is 21.8 Å². The quantitative estimate of drug-likeness (QED) is 0.361. The number of nitrogens with zero attached hydrogens (tertiary/aromatic N) is 3. The van der Waals surface area contributed by atoms with Crippen LogP contribution in [0.2, 0.25) is 0 Å². The highest BCUT2D eigenvalue weighted by molar-refractivity contribution is 7.17. The van der Waals surface area contributed by atoms with Crippen LogP contribution in [0.25, 0.3) is 16.7 Å². The van der Waals surface area contributed by atoms with Gasteiger partial charge in [-0.3, -0.25) is 24.2 Å². The number of anilines is 1. The molecule has 4 aromatic rings. The number of thiophene rings is 1. The molecule has 36 heavy (non-hydrogen) atoms. The van der Waals surface area contributed by atoms with Crippen LogP contribution in [-0.2, 0) is 19.4 Å². The van der Waals surface area contributed by atoms with Crippen molar-refractivity contribution in [3.63, 3.8) is 0 Å². The summed E-state index contributed by atoms with van der Waals surface area (Å²) in [6.07, 6.45) is 5.37. The minimum Gasteiger partial charge on any atom is -0.355 e. The van der Waals surface area contributed by atoms with E-state index in [0.717, 1.165) is 36.1 Å². The van der Waals surface area contributed by atoms with Gasteiger partial charge in [0.2, 0.25) is 0 Å². The van der Waals surface area contributed by atoms with Gasteiger partial charge in [0.05, 0.1) is 16.5 Å². The van der Waals surface area contributed by atoms with Crippen molar-refractivity contribution in [3.8, 4) is 0 Å². The first-order chi connectivity index (χ1) is 17.3. The van der Waals surface area contributed by atoms with Crippen molar-refractivity contribution in [1.29, 1.82) is 5.41 Å². The van der Waals surface area contributed by atoms with Gasteiger partial charge >= 0.3 is 0 Å². The first-order valence-electron chi connectivity index (χ1n) is 12.1. The van der Waals surface area contributed by atoms with E-state index < -0.39 is 5.91 Å². The van der Waals surface area contributed by atoms with E-state index in [2.05, 4.69) is 15.6 Å². The van der Waals surface area contributed by atoms with Gasteiger partial charge in [0.15, 0.2) is 0 Å². The van der Waals surface area contributed by atoms with E-state index in [1.165, 1.54) is 21.8 Å². The number of hydrogen-bond acceptors (Lipinski definition) is 6. The zero-order valence-electron chi connectivity index (χ0n) is 20.5. The van der Waals surface area contributed by atoms with Gasteiger partial charge in [-0.25, -0.2) is 4.98 Å². The fraction of sp³-hybridized carbons (Fsp3) is 0.346. The van der Waals surface area contributed by atoms with Crippen LogP contribution < -0.4 is 21.7 Å². The van der Waals surface area contributed by atoms with Crippen LogP contribution in [-0.4, -0.2) is 32.8 Å². The highest BCUT2D eigenvalue weighted by atomic mass is 32.1. The van der Waals surface area contributed by atoms with Crippen LogP contribution in [0.4, 0.5) is 5.00 Å². The summed E-state index contributed by atoms with van der Waals surface area (Å²) in [7, 11) is 1.58. The van der Waals surface area contributed by atoms with E-state index >= 15 is 0 Å². The van der Waals surface area contributed by atoms with Crippen molar-refractivity contribution in [3.05, 3.63) is 67.9 Å². The number of hydrogen-bond donors (Lipinski definition) is 3. The number of carbonyl (C=O) groups excluding carboxylic acids is 2. The number of rotatable bonds is 5. The maximum atomic E-state index is 13.6. The third-order valence-electron chi connectivity index (χ3n) is 6.46. The molecule has 0 saturated heterocycles. The predicted octanol–water partition coefficient (Wildman–Crippen LogP) is 3.34. The number of carbonyl (C=O) groups is 2. The summed E-state index contributed by atoms with van der Waals surface area (Å²) in [5.41, 5.74) is 2.08. The molecule has 10 heteroatoms. The smallest absolute Gasteiger partial charge is 0.267 e. The summed E-state index contributed by atoms with van der Waals surface area (Å²) in [6, 6.07) is 6.74. The molecule has 1 aliphatic rings. The minimum atomic E-state index is -0.527. The molecule has 0 aliphatic heterocycles. The van der Waals surface area contributed by atoms with Crippen molar-refractivity contribution >= 4 is 44.8 Å². The standard InChI is InChI=1S/C26H28N6O3S/c1-14(2)13-32-21(27)16(12-17-22(32)29-19-10-6-7-11-31(19)26(17)35)23(33)30-25-20(24(34)28-3)15-8-4-5-9-18(15)36-25/h6-7,10-12,14,27H,4-5,8-9,13H2,1-3H3,(H,28,34)(H,30,33). The summed E-state index contributed by atoms with van der Waals surface area (Å²) in [4.78, 5) is 45.4.